The highest BCUT2D eigenvalue weighted by molar-refractivity contribution is 6.02. The zero-order chi connectivity index (χ0) is 12.3. The summed E-state index contributed by atoms with van der Waals surface area (Å²) in [4.78, 5) is 17.3. The predicted octanol–water partition coefficient (Wildman–Crippen LogP) is 2.27. The summed E-state index contributed by atoms with van der Waals surface area (Å²) in [5, 5.41) is 0. The molecule has 1 aromatic carbocycles. The smallest absolute Gasteiger partial charge is 0.256 e. The molecule has 0 saturated carbocycles. The first kappa shape index (κ1) is 10.4. The lowest BCUT2D eigenvalue weighted by atomic mass is 10.1. The van der Waals surface area contributed by atoms with Crippen molar-refractivity contribution in [3.8, 4) is 0 Å². The molecule has 0 radical (unpaired) electrons. The van der Waals surface area contributed by atoms with Crippen molar-refractivity contribution in [3.63, 3.8) is 0 Å². The minimum Gasteiger partial charge on any atom is -0.362 e. The number of fused-ring (bicyclic) bond motifs is 5. The van der Waals surface area contributed by atoms with E-state index in [1.165, 1.54) is 12.8 Å². The molecule has 94 valence electrons. The molecule has 3 aliphatic rings. The summed E-state index contributed by atoms with van der Waals surface area (Å²) < 4.78 is 0. The molecule has 3 heteroatoms. The molecule has 0 aliphatic carbocycles. The molecular formula is C15H18N2O. The van der Waals surface area contributed by atoms with Crippen molar-refractivity contribution < 1.29 is 4.79 Å². The highest BCUT2D eigenvalue weighted by atomic mass is 16.2. The Kier molecular flexibility index (Phi) is 2.02. The Labute approximate surface area is 107 Å². The first-order chi connectivity index (χ1) is 8.81. The Morgan fingerprint density at radius 3 is 2.89 bits per heavy atom. The van der Waals surface area contributed by atoms with Gasteiger partial charge in [-0.05, 0) is 31.4 Å². The lowest BCUT2D eigenvalue weighted by Gasteiger charge is -2.28. The van der Waals surface area contributed by atoms with E-state index >= 15 is 0 Å². The Balaban J connectivity index is 1.83. The number of rotatable bonds is 1. The van der Waals surface area contributed by atoms with E-state index in [2.05, 4.69) is 22.8 Å². The topological polar surface area (TPSA) is 23.3 Å². The van der Waals surface area contributed by atoms with Crippen LogP contribution >= 0.6 is 0 Å². The summed E-state index contributed by atoms with van der Waals surface area (Å²) in [5.41, 5.74) is 2.06. The number of anilines is 1. The van der Waals surface area contributed by atoms with Gasteiger partial charge < -0.3 is 9.80 Å². The predicted molar refractivity (Wildman–Crippen MR) is 70.8 cm³/mol. The summed E-state index contributed by atoms with van der Waals surface area (Å²) in [7, 11) is 0. The van der Waals surface area contributed by atoms with Crippen molar-refractivity contribution >= 4 is 11.6 Å². The number of nitrogens with zero attached hydrogens (tertiary/aromatic N) is 2. The van der Waals surface area contributed by atoms with Gasteiger partial charge in [-0.1, -0.05) is 19.1 Å². The summed E-state index contributed by atoms with van der Waals surface area (Å²) in [6, 6.07) is 9.58. The van der Waals surface area contributed by atoms with Crippen LogP contribution in [0.1, 0.15) is 36.5 Å². The fraction of sp³-hybridized carbons (Fsp3) is 0.533. The molecule has 1 unspecified atom stereocenters. The van der Waals surface area contributed by atoms with Crippen LogP contribution in [0.4, 0.5) is 5.69 Å². The van der Waals surface area contributed by atoms with Crippen LogP contribution in [-0.2, 0) is 0 Å². The molecular weight excluding hydrogens is 224 g/mol. The molecule has 1 amide bonds. The van der Waals surface area contributed by atoms with Gasteiger partial charge in [0.25, 0.3) is 5.91 Å². The van der Waals surface area contributed by atoms with Gasteiger partial charge in [0.1, 0.15) is 0 Å². The van der Waals surface area contributed by atoms with E-state index in [-0.39, 0.29) is 5.91 Å². The zero-order valence-electron chi connectivity index (χ0n) is 10.7. The molecule has 0 bridgehead atoms. The monoisotopic (exact) mass is 242 g/mol. The minimum atomic E-state index is 0.257. The maximum atomic E-state index is 12.8. The van der Waals surface area contributed by atoms with Crippen LogP contribution in [0, 0.1) is 0 Å². The van der Waals surface area contributed by atoms with E-state index in [0.29, 0.717) is 18.1 Å². The van der Waals surface area contributed by atoms with Gasteiger partial charge in [-0.2, -0.15) is 0 Å². The summed E-state index contributed by atoms with van der Waals surface area (Å²) >= 11 is 0. The number of hydrogen-bond donors (Lipinski definition) is 0. The normalized spacial score (nSPS) is 32.7. The van der Waals surface area contributed by atoms with Gasteiger partial charge in [0.2, 0.25) is 0 Å². The number of amides is 1. The molecule has 2 saturated heterocycles. The Hall–Kier alpha value is -1.51. The maximum Gasteiger partial charge on any atom is 0.256 e. The third kappa shape index (κ3) is 1.22. The molecule has 3 aliphatic heterocycles. The van der Waals surface area contributed by atoms with Crippen LogP contribution in [-0.4, -0.2) is 35.5 Å². The fourth-order valence-electron chi connectivity index (χ4n) is 3.81. The zero-order valence-corrected chi connectivity index (χ0v) is 10.7. The lowest BCUT2D eigenvalue weighted by molar-refractivity contribution is 0.0669. The van der Waals surface area contributed by atoms with Crippen molar-refractivity contribution in [3.05, 3.63) is 29.8 Å². The fourth-order valence-corrected chi connectivity index (χ4v) is 3.81. The Morgan fingerprint density at radius 1 is 1.22 bits per heavy atom. The van der Waals surface area contributed by atoms with Crippen LogP contribution < -0.4 is 4.90 Å². The summed E-state index contributed by atoms with van der Waals surface area (Å²) in [6.45, 7) is 3.32. The molecule has 0 spiro atoms. The van der Waals surface area contributed by atoms with E-state index in [4.69, 9.17) is 0 Å². The highest BCUT2D eigenvalue weighted by Crippen LogP contribution is 2.44. The first-order valence-corrected chi connectivity index (χ1v) is 6.99. The quantitative estimate of drug-likeness (QED) is 0.705. The van der Waals surface area contributed by atoms with E-state index in [9.17, 15) is 4.79 Å². The Morgan fingerprint density at radius 2 is 2.06 bits per heavy atom. The number of benzene rings is 1. The lowest BCUT2D eigenvalue weighted by Crippen LogP contribution is -2.42. The molecule has 3 heterocycles. The van der Waals surface area contributed by atoms with Gasteiger partial charge in [-0.15, -0.1) is 0 Å². The van der Waals surface area contributed by atoms with E-state index in [1.807, 2.05) is 18.2 Å². The third-order valence-electron chi connectivity index (χ3n) is 4.79. The average Bonchev–Trinajstić information content (AvgIpc) is 3.10. The molecule has 0 aromatic heterocycles. The second kappa shape index (κ2) is 3.50. The maximum absolute atomic E-state index is 12.8. The number of para-hydroxylation sites is 1. The van der Waals surface area contributed by atoms with E-state index < -0.39 is 0 Å². The highest BCUT2D eigenvalue weighted by Gasteiger charge is 2.52. The van der Waals surface area contributed by atoms with Crippen molar-refractivity contribution in [2.75, 3.05) is 11.4 Å². The van der Waals surface area contributed by atoms with Crippen LogP contribution in [0.5, 0.6) is 0 Å². The SMILES string of the molecule is CCC1CC[C@H]2[C@@H]3CN3c3ccccc3C(=O)N12. The molecule has 1 aromatic rings. The summed E-state index contributed by atoms with van der Waals surface area (Å²) in [6.07, 6.45) is 3.44. The Bertz CT molecular complexity index is 513. The summed E-state index contributed by atoms with van der Waals surface area (Å²) in [5.74, 6) is 0.257. The van der Waals surface area contributed by atoms with Gasteiger partial charge in [0.05, 0.1) is 17.6 Å². The number of carbonyl (C=O) groups excluding carboxylic acids is 1. The largest absolute Gasteiger partial charge is 0.362 e. The standard InChI is InChI=1S/C15H18N2O/c1-2-10-7-8-13-14-9-16(14)12-6-4-3-5-11(12)15(18)17(10)13/h3-6,10,13-14H,2,7-9H2,1H3/t10?,13-,14-,16?/m0/s1. The molecule has 4 rings (SSSR count). The van der Waals surface area contributed by atoms with E-state index in [1.54, 1.807) is 0 Å². The second-order valence-corrected chi connectivity index (χ2v) is 5.66. The molecule has 18 heavy (non-hydrogen) atoms. The third-order valence-corrected chi connectivity index (χ3v) is 4.79. The first-order valence-electron chi connectivity index (χ1n) is 6.99. The van der Waals surface area contributed by atoms with Crippen LogP contribution in [0.2, 0.25) is 0 Å². The molecule has 0 N–H and O–H groups in total. The van der Waals surface area contributed by atoms with Gasteiger partial charge in [0.15, 0.2) is 0 Å². The second-order valence-electron chi connectivity index (χ2n) is 5.66. The molecule has 3 atom stereocenters. The van der Waals surface area contributed by atoms with Crippen molar-refractivity contribution in [1.29, 1.82) is 0 Å². The van der Waals surface area contributed by atoms with Crippen molar-refractivity contribution in [1.82, 2.24) is 4.90 Å². The minimum absolute atomic E-state index is 0.257. The van der Waals surface area contributed by atoms with Gasteiger partial charge >= 0.3 is 0 Å². The van der Waals surface area contributed by atoms with Crippen LogP contribution in [0.3, 0.4) is 0 Å². The van der Waals surface area contributed by atoms with Crippen molar-refractivity contribution in [2.45, 2.75) is 44.3 Å². The van der Waals surface area contributed by atoms with Gasteiger partial charge in [0, 0.05) is 18.3 Å². The van der Waals surface area contributed by atoms with Crippen LogP contribution in [0.25, 0.3) is 0 Å². The molecule has 2 fully saturated rings. The van der Waals surface area contributed by atoms with Crippen LogP contribution in [0.15, 0.2) is 24.3 Å². The van der Waals surface area contributed by atoms with E-state index in [0.717, 1.165) is 24.2 Å². The van der Waals surface area contributed by atoms with Gasteiger partial charge in [-0.3, -0.25) is 4.79 Å². The molecule has 3 nitrogen and oxygen atoms in total. The van der Waals surface area contributed by atoms with Gasteiger partial charge in [-0.25, -0.2) is 0 Å². The van der Waals surface area contributed by atoms with Crippen molar-refractivity contribution in [2.24, 2.45) is 0 Å². The number of carbonyl (C=O) groups is 1. The number of hydrogen-bond acceptors (Lipinski definition) is 2. The average molecular weight is 242 g/mol.